The molecule has 0 radical (unpaired) electrons. The summed E-state index contributed by atoms with van der Waals surface area (Å²) in [6.45, 7) is 5.00. The standard InChI is InChI=1S/C16H26N2O2/c1-12-15(11-19)13(2)18(17-12)14-6-9-20-16(10-14)7-4-3-5-8-16/h14,19H,3-11H2,1-2H3. The molecule has 4 nitrogen and oxygen atoms in total. The number of aromatic nitrogens is 2. The van der Waals surface area contributed by atoms with Crippen LogP contribution in [0.15, 0.2) is 0 Å². The van der Waals surface area contributed by atoms with Crippen LogP contribution < -0.4 is 0 Å². The maximum atomic E-state index is 9.48. The Balaban J connectivity index is 1.83. The summed E-state index contributed by atoms with van der Waals surface area (Å²) in [6.07, 6.45) is 8.47. The molecule has 0 bridgehead atoms. The molecule has 2 aliphatic rings. The first-order valence-corrected chi connectivity index (χ1v) is 7.95. The lowest BCUT2D eigenvalue weighted by Gasteiger charge is -2.43. The number of rotatable bonds is 2. The van der Waals surface area contributed by atoms with Gasteiger partial charge in [0.1, 0.15) is 0 Å². The summed E-state index contributed by atoms with van der Waals surface area (Å²) in [5, 5.41) is 14.2. The molecule has 0 amide bonds. The third-order valence-electron chi connectivity index (χ3n) is 5.21. The van der Waals surface area contributed by atoms with E-state index in [-0.39, 0.29) is 12.2 Å². The van der Waals surface area contributed by atoms with Crippen LogP contribution in [0.25, 0.3) is 0 Å². The minimum absolute atomic E-state index is 0.0893. The fraction of sp³-hybridized carbons (Fsp3) is 0.812. The minimum atomic E-state index is 0.0893. The summed E-state index contributed by atoms with van der Waals surface area (Å²) >= 11 is 0. The van der Waals surface area contributed by atoms with Crippen molar-refractivity contribution in [2.45, 2.75) is 77.0 Å². The van der Waals surface area contributed by atoms with Gasteiger partial charge < -0.3 is 9.84 Å². The molecule has 1 aliphatic carbocycles. The Hall–Kier alpha value is -0.870. The first-order valence-electron chi connectivity index (χ1n) is 7.95. The summed E-state index contributed by atoms with van der Waals surface area (Å²) in [7, 11) is 0. The fourth-order valence-corrected chi connectivity index (χ4v) is 4.04. The third-order valence-corrected chi connectivity index (χ3v) is 5.21. The molecule has 1 saturated heterocycles. The fourth-order valence-electron chi connectivity index (χ4n) is 4.04. The smallest absolute Gasteiger partial charge is 0.0718 e. The van der Waals surface area contributed by atoms with Gasteiger partial charge in [-0.2, -0.15) is 5.10 Å². The molecule has 20 heavy (non-hydrogen) atoms. The second kappa shape index (κ2) is 5.49. The highest BCUT2D eigenvalue weighted by Gasteiger charge is 2.39. The van der Waals surface area contributed by atoms with E-state index in [0.29, 0.717) is 6.04 Å². The second-order valence-electron chi connectivity index (χ2n) is 6.49. The Bertz CT molecular complexity index is 470. The zero-order chi connectivity index (χ0) is 14.2. The first kappa shape index (κ1) is 14.1. The zero-order valence-corrected chi connectivity index (χ0v) is 12.7. The van der Waals surface area contributed by atoms with E-state index in [1.165, 1.54) is 32.1 Å². The van der Waals surface area contributed by atoms with Gasteiger partial charge in [0.05, 0.1) is 23.9 Å². The van der Waals surface area contributed by atoms with Gasteiger partial charge in [-0.25, -0.2) is 0 Å². The van der Waals surface area contributed by atoms with Crippen LogP contribution in [0.2, 0.25) is 0 Å². The SMILES string of the molecule is Cc1nn(C2CCOC3(CCCCC3)C2)c(C)c1CO. The third kappa shape index (κ3) is 2.40. The number of aliphatic hydroxyl groups excluding tert-OH is 1. The topological polar surface area (TPSA) is 47.3 Å². The maximum Gasteiger partial charge on any atom is 0.0718 e. The molecule has 2 fully saturated rings. The van der Waals surface area contributed by atoms with Crippen LogP contribution in [0.5, 0.6) is 0 Å². The molecule has 3 rings (SSSR count). The molecular weight excluding hydrogens is 252 g/mol. The number of nitrogens with zero attached hydrogens (tertiary/aromatic N) is 2. The van der Waals surface area contributed by atoms with Crippen LogP contribution in [0.1, 0.15) is 67.9 Å². The molecule has 2 heterocycles. The Morgan fingerprint density at radius 2 is 2.05 bits per heavy atom. The summed E-state index contributed by atoms with van der Waals surface area (Å²) in [5.41, 5.74) is 3.19. The number of ether oxygens (including phenoxy) is 1. The molecule has 4 heteroatoms. The highest BCUT2D eigenvalue weighted by Crippen LogP contribution is 2.42. The molecule has 1 aromatic heterocycles. The van der Waals surface area contributed by atoms with E-state index >= 15 is 0 Å². The molecule has 0 aromatic carbocycles. The highest BCUT2D eigenvalue weighted by atomic mass is 16.5. The summed E-state index contributed by atoms with van der Waals surface area (Å²) in [6, 6.07) is 0.431. The van der Waals surface area contributed by atoms with E-state index in [1.807, 2.05) is 6.92 Å². The lowest BCUT2D eigenvalue weighted by Crippen LogP contribution is -2.42. The molecule has 1 unspecified atom stereocenters. The minimum Gasteiger partial charge on any atom is -0.392 e. The number of hydrogen-bond donors (Lipinski definition) is 1. The van der Waals surface area contributed by atoms with Gasteiger partial charge in [-0.3, -0.25) is 4.68 Å². The maximum absolute atomic E-state index is 9.48. The predicted octanol–water partition coefficient (Wildman–Crippen LogP) is 3.05. The average Bonchev–Trinajstić information content (AvgIpc) is 2.74. The van der Waals surface area contributed by atoms with Crippen LogP contribution in [0, 0.1) is 13.8 Å². The van der Waals surface area contributed by atoms with E-state index in [0.717, 1.165) is 36.4 Å². The van der Waals surface area contributed by atoms with Crippen molar-refractivity contribution in [3.05, 3.63) is 17.0 Å². The van der Waals surface area contributed by atoms with Crippen molar-refractivity contribution < 1.29 is 9.84 Å². The molecule has 112 valence electrons. The second-order valence-corrected chi connectivity index (χ2v) is 6.49. The normalized spacial score (nSPS) is 26.1. The van der Waals surface area contributed by atoms with Gasteiger partial charge >= 0.3 is 0 Å². The van der Waals surface area contributed by atoms with Gasteiger partial charge in [0, 0.05) is 17.9 Å². The first-order chi connectivity index (χ1) is 9.65. The molecule has 1 saturated carbocycles. The van der Waals surface area contributed by atoms with Gasteiger partial charge in [0.25, 0.3) is 0 Å². The number of hydrogen-bond acceptors (Lipinski definition) is 3. The highest BCUT2D eigenvalue weighted by molar-refractivity contribution is 5.24. The van der Waals surface area contributed by atoms with Gasteiger partial charge in [-0.1, -0.05) is 19.3 Å². The van der Waals surface area contributed by atoms with Crippen molar-refractivity contribution in [1.29, 1.82) is 0 Å². The van der Waals surface area contributed by atoms with E-state index in [1.54, 1.807) is 0 Å². The summed E-state index contributed by atoms with van der Waals surface area (Å²) in [4.78, 5) is 0. The van der Waals surface area contributed by atoms with E-state index < -0.39 is 0 Å². The van der Waals surface area contributed by atoms with Crippen molar-refractivity contribution >= 4 is 0 Å². The quantitative estimate of drug-likeness (QED) is 0.904. The van der Waals surface area contributed by atoms with Gasteiger partial charge in [-0.15, -0.1) is 0 Å². The van der Waals surface area contributed by atoms with Gasteiger partial charge in [-0.05, 0) is 39.5 Å². The van der Waals surface area contributed by atoms with E-state index in [9.17, 15) is 5.11 Å². The molecule has 1 N–H and O–H groups in total. The predicted molar refractivity (Wildman–Crippen MR) is 77.7 cm³/mol. The van der Waals surface area contributed by atoms with Gasteiger partial charge in [0.2, 0.25) is 0 Å². The van der Waals surface area contributed by atoms with Gasteiger partial charge in [0.15, 0.2) is 0 Å². The van der Waals surface area contributed by atoms with Crippen LogP contribution in [-0.2, 0) is 11.3 Å². The molecule has 1 spiro atoms. The number of aryl methyl sites for hydroxylation is 1. The Kier molecular flexibility index (Phi) is 3.87. The van der Waals surface area contributed by atoms with E-state index in [2.05, 4.69) is 16.7 Å². The Labute approximate surface area is 121 Å². The summed E-state index contributed by atoms with van der Waals surface area (Å²) < 4.78 is 8.32. The Morgan fingerprint density at radius 1 is 1.30 bits per heavy atom. The molecular formula is C16H26N2O2. The van der Waals surface area contributed by atoms with Crippen molar-refractivity contribution in [1.82, 2.24) is 9.78 Å². The van der Waals surface area contributed by atoms with Crippen molar-refractivity contribution in [3.63, 3.8) is 0 Å². The van der Waals surface area contributed by atoms with E-state index in [4.69, 9.17) is 4.74 Å². The largest absolute Gasteiger partial charge is 0.392 e. The van der Waals surface area contributed by atoms with Crippen molar-refractivity contribution in [2.75, 3.05) is 6.61 Å². The van der Waals surface area contributed by atoms with Crippen LogP contribution in [-0.4, -0.2) is 27.1 Å². The lowest BCUT2D eigenvalue weighted by atomic mass is 9.78. The number of aliphatic hydroxyl groups is 1. The monoisotopic (exact) mass is 278 g/mol. The van der Waals surface area contributed by atoms with Crippen LogP contribution in [0.3, 0.4) is 0 Å². The van der Waals surface area contributed by atoms with Crippen molar-refractivity contribution in [2.24, 2.45) is 0 Å². The molecule has 1 aliphatic heterocycles. The van der Waals surface area contributed by atoms with Crippen molar-refractivity contribution in [3.8, 4) is 0 Å². The van der Waals surface area contributed by atoms with Crippen LogP contribution >= 0.6 is 0 Å². The molecule has 1 atom stereocenters. The zero-order valence-electron chi connectivity index (χ0n) is 12.7. The summed E-state index contributed by atoms with van der Waals surface area (Å²) in [5.74, 6) is 0. The lowest BCUT2D eigenvalue weighted by molar-refractivity contribution is -0.115. The Morgan fingerprint density at radius 3 is 2.70 bits per heavy atom. The molecule has 1 aromatic rings. The average molecular weight is 278 g/mol. The van der Waals surface area contributed by atoms with Crippen LogP contribution in [0.4, 0.5) is 0 Å².